The lowest BCUT2D eigenvalue weighted by atomic mass is 9.96. The van der Waals surface area contributed by atoms with E-state index in [4.69, 9.17) is 4.74 Å². The maximum Gasteiger partial charge on any atom is 0.416 e. The van der Waals surface area contributed by atoms with E-state index in [1.54, 1.807) is 0 Å². The smallest absolute Gasteiger partial charge is 0.376 e. The van der Waals surface area contributed by atoms with Gasteiger partial charge in [0.15, 0.2) is 0 Å². The molecule has 1 spiro atoms. The maximum atomic E-state index is 13.3. The van der Waals surface area contributed by atoms with Gasteiger partial charge in [-0.05, 0) is 56.2 Å². The molecule has 3 aliphatic rings. The van der Waals surface area contributed by atoms with E-state index >= 15 is 0 Å². The third kappa shape index (κ3) is 4.98. The lowest BCUT2D eigenvalue weighted by Gasteiger charge is -2.44. The van der Waals surface area contributed by atoms with Gasteiger partial charge in [0, 0.05) is 26.2 Å². The van der Waals surface area contributed by atoms with Gasteiger partial charge < -0.3 is 9.64 Å². The van der Waals surface area contributed by atoms with Crippen LogP contribution in [0.2, 0.25) is 0 Å². The van der Waals surface area contributed by atoms with Crippen molar-refractivity contribution in [3.63, 3.8) is 0 Å². The maximum absolute atomic E-state index is 13.3. The molecule has 0 aliphatic carbocycles. The van der Waals surface area contributed by atoms with Crippen LogP contribution in [0.4, 0.5) is 13.2 Å². The van der Waals surface area contributed by atoms with E-state index in [1.807, 2.05) is 4.90 Å². The summed E-state index contributed by atoms with van der Waals surface area (Å²) in [5, 5.41) is 3.50. The Morgan fingerprint density at radius 3 is 2.53 bits per heavy atom. The molecule has 4 rings (SSSR count). The number of amides is 1. The fourth-order valence-corrected chi connectivity index (χ4v) is 6.73. The minimum absolute atomic E-state index is 0.0124. The molecule has 3 aliphatic heterocycles. The molecule has 1 N–H and O–H groups in total. The van der Waals surface area contributed by atoms with Crippen LogP contribution in [0, 0.1) is 5.92 Å². The summed E-state index contributed by atoms with van der Waals surface area (Å²) < 4.78 is 72.6. The van der Waals surface area contributed by atoms with Crippen molar-refractivity contribution in [3.8, 4) is 0 Å². The number of alkyl halides is 3. The molecule has 3 saturated heterocycles. The molecule has 0 bridgehead atoms. The van der Waals surface area contributed by atoms with Gasteiger partial charge in [0.2, 0.25) is 15.9 Å². The zero-order chi connectivity index (χ0) is 24.7. The summed E-state index contributed by atoms with van der Waals surface area (Å²) in [4.78, 5) is 14.8. The first-order valence-corrected chi connectivity index (χ1v) is 13.2. The van der Waals surface area contributed by atoms with Crippen LogP contribution in [0.5, 0.6) is 0 Å². The molecule has 0 aromatic heterocycles. The number of nitrogens with zero attached hydrogens (tertiary/aromatic N) is 2. The molecule has 0 saturated carbocycles. The third-order valence-corrected chi connectivity index (χ3v) is 8.88. The molecular weight excluding hydrogens is 471 g/mol. The molecular formula is C23H32F3N3O4S. The monoisotopic (exact) mass is 503 g/mol. The second-order valence-electron chi connectivity index (χ2n) is 9.87. The van der Waals surface area contributed by atoms with Crippen LogP contribution in [-0.2, 0) is 25.7 Å². The van der Waals surface area contributed by atoms with Crippen LogP contribution in [0.1, 0.15) is 51.5 Å². The molecule has 7 nitrogen and oxygen atoms in total. The fourth-order valence-electron chi connectivity index (χ4n) is 5.24. The third-order valence-electron chi connectivity index (χ3n) is 6.99. The predicted octanol–water partition coefficient (Wildman–Crippen LogP) is 3.21. The van der Waals surface area contributed by atoms with Crippen LogP contribution < -0.4 is 5.32 Å². The Morgan fingerprint density at radius 1 is 1.24 bits per heavy atom. The Kier molecular flexibility index (Phi) is 7.03. The number of rotatable bonds is 6. The number of ether oxygens (including phenoxy) is 1. The topological polar surface area (TPSA) is 79.0 Å². The van der Waals surface area contributed by atoms with Gasteiger partial charge in [-0.2, -0.15) is 17.5 Å². The highest BCUT2D eigenvalue weighted by Crippen LogP contribution is 2.37. The molecule has 1 amide bonds. The predicted molar refractivity (Wildman–Crippen MR) is 119 cm³/mol. The standard InChI is InChI=1S/C23H32F3N3O4S/c1-16(2)13-20-21(30)29(15-18-6-4-12-33-18)22(27-20)8-10-28(11-9-22)34(31,32)19-7-3-5-17(14-19)23(24,25)26/h3,5,7,14,16,18,20,27H,4,6,8-13,15H2,1-2H3/t18-,20+/m1/s1. The zero-order valence-corrected chi connectivity index (χ0v) is 20.3. The Hall–Kier alpha value is -1.69. The second-order valence-corrected chi connectivity index (χ2v) is 11.8. The summed E-state index contributed by atoms with van der Waals surface area (Å²) in [6.07, 6.45) is -1.44. The molecule has 190 valence electrons. The average Bonchev–Trinajstić information content (AvgIpc) is 3.37. The van der Waals surface area contributed by atoms with Crippen molar-refractivity contribution in [2.75, 3.05) is 26.2 Å². The van der Waals surface area contributed by atoms with Gasteiger partial charge in [-0.25, -0.2) is 8.42 Å². The van der Waals surface area contributed by atoms with E-state index in [1.165, 1.54) is 10.4 Å². The number of nitrogens with one attached hydrogen (secondary N) is 1. The van der Waals surface area contributed by atoms with Crippen LogP contribution in [0.15, 0.2) is 29.2 Å². The lowest BCUT2D eigenvalue weighted by Crippen LogP contribution is -2.60. The quantitative estimate of drug-likeness (QED) is 0.645. The van der Waals surface area contributed by atoms with Crippen LogP contribution in [0.3, 0.4) is 0 Å². The van der Waals surface area contributed by atoms with Crippen molar-refractivity contribution in [1.82, 2.24) is 14.5 Å². The SMILES string of the molecule is CC(C)C[C@@H]1NC2(CCN(S(=O)(=O)c3cccc(C(F)(F)F)c3)CC2)N(C[C@H]2CCCO2)C1=O. The minimum Gasteiger partial charge on any atom is -0.376 e. The van der Waals surface area contributed by atoms with Crippen molar-refractivity contribution in [2.24, 2.45) is 5.92 Å². The summed E-state index contributed by atoms with van der Waals surface area (Å²) in [5.41, 5.74) is -1.67. The Labute approximate surface area is 198 Å². The zero-order valence-electron chi connectivity index (χ0n) is 19.5. The van der Waals surface area contributed by atoms with Gasteiger partial charge in [-0.15, -0.1) is 0 Å². The molecule has 0 unspecified atom stereocenters. The van der Waals surface area contributed by atoms with E-state index < -0.39 is 27.4 Å². The van der Waals surface area contributed by atoms with Crippen molar-refractivity contribution < 1.29 is 31.1 Å². The number of piperidine rings is 1. The number of hydrogen-bond donors (Lipinski definition) is 1. The molecule has 34 heavy (non-hydrogen) atoms. The summed E-state index contributed by atoms with van der Waals surface area (Å²) in [7, 11) is -4.10. The summed E-state index contributed by atoms with van der Waals surface area (Å²) in [6, 6.07) is 3.50. The van der Waals surface area contributed by atoms with Gasteiger partial charge in [0.25, 0.3) is 0 Å². The largest absolute Gasteiger partial charge is 0.416 e. The first kappa shape index (κ1) is 25.4. The number of halogens is 3. The highest BCUT2D eigenvalue weighted by atomic mass is 32.2. The highest BCUT2D eigenvalue weighted by molar-refractivity contribution is 7.89. The molecule has 3 fully saturated rings. The number of hydrogen-bond acceptors (Lipinski definition) is 5. The van der Waals surface area contributed by atoms with Crippen LogP contribution >= 0.6 is 0 Å². The van der Waals surface area contributed by atoms with Gasteiger partial charge in [-0.1, -0.05) is 19.9 Å². The van der Waals surface area contributed by atoms with Gasteiger partial charge in [-0.3, -0.25) is 10.1 Å². The molecule has 1 aromatic carbocycles. The van der Waals surface area contributed by atoms with Gasteiger partial charge >= 0.3 is 6.18 Å². The molecule has 3 heterocycles. The molecule has 0 radical (unpaired) electrons. The number of carbonyl (C=O) groups is 1. The Balaban J connectivity index is 1.53. The second kappa shape index (κ2) is 9.40. The Bertz CT molecular complexity index is 1000. The highest BCUT2D eigenvalue weighted by Gasteiger charge is 2.53. The number of carbonyl (C=O) groups excluding carboxylic acids is 1. The normalized spacial score (nSPS) is 26.2. The fraction of sp³-hybridized carbons (Fsp3) is 0.696. The first-order chi connectivity index (χ1) is 15.9. The average molecular weight is 504 g/mol. The van der Waals surface area contributed by atoms with Crippen molar-refractivity contribution in [3.05, 3.63) is 29.8 Å². The lowest BCUT2D eigenvalue weighted by molar-refractivity contribution is -0.137. The Morgan fingerprint density at radius 2 is 1.94 bits per heavy atom. The molecule has 11 heteroatoms. The van der Waals surface area contributed by atoms with E-state index in [0.717, 1.165) is 25.0 Å². The van der Waals surface area contributed by atoms with Gasteiger partial charge in [0.05, 0.1) is 28.3 Å². The van der Waals surface area contributed by atoms with Crippen molar-refractivity contribution >= 4 is 15.9 Å². The van der Waals surface area contributed by atoms with E-state index in [-0.39, 0.29) is 36.0 Å². The first-order valence-electron chi connectivity index (χ1n) is 11.8. The van der Waals surface area contributed by atoms with E-state index in [0.29, 0.717) is 44.4 Å². The van der Waals surface area contributed by atoms with Crippen molar-refractivity contribution in [1.29, 1.82) is 0 Å². The molecule has 2 atom stereocenters. The van der Waals surface area contributed by atoms with Gasteiger partial charge in [0.1, 0.15) is 0 Å². The summed E-state index contributed by atoms with van der Waals surface area (Å²) in [6.45, 7) is 5.44. The van der Waals surface area contributed by atoms with Crippen LogP contribution in [0.25, 0.3) is 0 Å². The molecule has 1 aromatic rings. The van der Waals surface area contributed by atoms with E-state index in [9.17, 15) is 26.4 Å². The minimum atomic E-state index is -4.63. The number of benzene rings is 1. The summed E-state index contributed by atoms with van der Waals surface area (Å²) >= 11 is 0. The van der Waals surface area contributed by atoms with Crippen LogP contribution in [-0.4, -0.2) is 67.6 Å². The van der Waals surface area contributed by atoms with Crippen molar-refractivity contribution in [2.45, 2.75) is 74.8 Å². The summed E-state index contributed by atoms with van der Waals surface area (Å²) in [5.74, 6) is 0.320. The van der Waals surface area contributed by atoms with E-state index in [2.05, 4.69) is 19.2 Å². The number of sulfonamides is 1.